The van der Waals surface area contributed by atoms with E-state index < -0.39 is 23.9 Å². The van der Waals surface area contributed by atoms with Gasteiger partial charge in [-0.05, 0) is 29.3 Å². The Kier molecular flexibility index (Phi) is 3.44. The summed E-state index contributed by atoms with van der Waals surface area (Å²) in [4.78, 5) is 13.6. The van der Waals surface area contributed by atoms with Crippen LogP contribution in [-0.4, -0.2) is 10.1 Å². The Balaban J connectivity index is 2.50. The minimum atomic E-state index is -4.42. The Morgan fingerprint density at radius 2 is 1.89 bits per heavy atom. The minimum Gasteiger partial charge on any atom is -0.391 e. The molecule has 2 aromatic rings. The molecule has 0 aliphatic rings. The summed E-state index contributed by atoms with van der Waals surface area (Å²) in [5.41, 5.74) is -0.384. The molecule has 0 aliphatic carbocycles. The van der Waals surface area contributed by atoms with E-state index in [2.05, 4.69) is 4.98 Å². The van der Waals surface area contributed by atoms with Crippen molar-refractivity contribution >= 4 is 0 Å². The van der Waals surface area contributed by atoms with Crippen molar-refractivity contribution in [1.82, 2.24) is 4.98 Å². The van der Waals surface area contributed by atoms with Gasteiger partial charge in [-0.25, -0.2) is 0 Å². The monoisotopic (exact) mass is 269 g/mol. The van der Waals surface area contributed by atoms with Crippen LogP contribution in [0, 0.1) is 0 Å². The lowest BCUT2D eigenvalue weighted by Crippen LogP contribution is -2.11. The lowest BCUT2D eigenvalue weighted by molar-refractivity contribution is -0.137. The van der Waals surface area contributed by atoms with Gasteiger partial charge < -0.3 is 10.1 Å². The number of benzene rings is 1. The van der Waals surface area contributed by atoms with Gasteiger partial charge in [0.2, 0.25) is 0 Å². The molecule has 0 unspecified atom stereocenters. The van der Waals surface area contributed by atoms with Gasteiger partial charge >= 0.3 is 6.18 Å². The van der Waals surface area contributed by atoms with Crippen molar-refractivity contribution in [3.05, 3.63) is 58.0 Å². The quantitative estimate of drug-likeness (QED) is 0.880. The summed E-state index contributed by atoms with van der Waals surface area (Å²) in [6, 6.07) is 6.14. The molecule has 2 rings (SSSR count). The smallest absolute Gasteiger partial charge is 0.391 e. The van der Waals surface area contributed by atoms with Crippen LogP contribution >= 0.6 is 0 Å². The predicted molar refractivity (Wildman–Crippen MR) is 63.4 cm³/mol. The average molecular weight is 269 g/mol. The van der Waals surface area contributed by atoms with Gasteiger partial charge in [0.15, 0.2) is 0 Å². The molecule has 0 radical (unpaired) electrons. The number of hydrogen-bond donors (Lipinski definition) is 2. The fourth-order valence-corrected chi connectivity index (χ4v) is 1.69. The summed E-state index contributed by atoms with van der Waals surface area (Å²) in [6.07, 6.45) is -3.10. The summed E-state index contributed by atoms with van der Waals surface area (Å²) in [5, 5.41) is 8.97. The third kappa shape index (κ3) is 2.85. The van der Waals surface area contributed by atoms with Crippen molar-refractivity contribution in [2.75, 3.05) is 0 Å². The molecule has 3 nitrogen and oxygen atoms in total. The van der Waals surface area contributed by atoms with E-state index in [0.29, 0.717) is 11.1 Å². The molecular weight excluding hydrogens is 259 g/mol. The highest BCUT2D eigenvalue weighted by Crippen LogP contribution is 2.31. The molecule has 1 aromatic heterocycles. The average Bonchev–Trinajstić information content (AvgIpc) is 2.38. The molecular formula is C13H10F3NO2. The minimum absolute atomic E-state index is 0.106. The zero-order valence-electron chi connectivity index (χ0n) is 9.66. The molecule has 1 aromatic carbocycles. The molecule has 2 N–H and O–H groups in total. The predicted octanol–water partition coefficient (Wildman–Crippen LogP) is 2.55. The molecule has 19 heavy (non-hydrogen) atoms. The number of rotatable bonds is 2. The second-order valence-electron chi connectivity index (χ2n) is 3.98. The number of aromatic nitrogens is 1. The highest BCUT2D eigenvalue weighted by atomic mass is 19.4. The van der Waals surface area contributed by atoms with Gasteiger partial charge in [0.25, 0.3) is 5.56 Å². The number of H-pyrrole nitrogens is 1. The first kappa shape index (κ1) is 13.4. The Hall–Kier alpha value is -2.08. The van der Waals surface area contributed by atoms with Crippen LogP contribution in [0.1, 0.15) is 11.1 Å². The van der Waals surface area contributed by atoms with Crippen LogP contribution in [-0.2, 0) is 12.8 Å². The summed E-state index contributed by atoms with van der Waals surface area (Å²) in [7, 11) is 0. The molecule has 0 aliphatic heterocycles. The highest BCUT2D eigenvalue weighted by Gasteiger charge is 2.30. The van der Waals surface area contributed by atoms with Crippen molar-refractivity contribution in [2.24, 2.45) is 0 Å². The first-order valence-corrected chi connectivity index (χ1v) is 5.42. The largest absolute Gasteiger partial charge is 0.416 e. The third-order valence-corrected chi connectivity index (χ3v) is 2.67. The van der Waals surface area contributed by atoms with Gasteiger partial charge in [-0.15, -0.1) is 0 Å². The van der Waals surface area contributed by atoms with E-state index in [4.69, 9.17) is 5.11 Å². The maximum absolute atomic E-state index is 12.6. The molecule has 0 fully saturated rings. The summed E-state index contributed by atoms with van der Waals surface area (Å²) in [6.45, 7) is -0.470. The summed E-state index contributed by atoms with van der Waals surface area (Å²) >= 11 is 0. The normalized spacial score (nSPS) is 11.6. The lowest BCUT2D eigenvalue weighted by atomic mass is 10.0. The van der Waals surface area contributed by atoms with Crippen LogP contribution in [0.3, 0.4) is 0 Å². The van der Waals surface area contributed by atoms with E-state index in [-0.39, 0.29) is 5.56 Å². The Morgan fingerprint density at radius 3 is 2.53 bits per heavy atom. The maximum Gasteiger partial charge on any atom is 0.416 e. The van der Waals surface area contributed by atoms with Gasteiger partial charge in [0, 0.05) is 11.8 Å². The van der Waals surface area contributed by atoms with Gasteiger partial charge in [0.1, 0.15) is 0 Å². The van der Waals surface area contributed by atoms with Crippen LogP contribution in [0.25, 0.3) is 11.1 Å². The molecule has 0 amide bonds. The Morgan fingerprint density at radius 1 is 1.16 bits per heavy atom. The van der Waals surface area contributed by atoms with Crippen molar-refractivity contribution in [3.8, 4) is 11.1 Å². The third-order valence-electron chi connectivity index (χ3n) is 2.67. The summed E-state index contributed by atoms with van der Waals surface area (Å²) < 4.78 is 37.8. The van der Waals surface area contributed by atoms with Crippen molar-refractivity contribution < 1.29 is 18.3 Å². The van der Waals surface area contributed by atoms with E-state index in [1.165, 1.54) is 24.4 Å². The van der Waals surface area contributed by atoms with Crippen molar-refractivity contribution in [1.29, 1.82) is 0 Å². The lowest BCUT2D eigenvalue weighted by Gasteiger charge is -2.09. The molecule has 0 bridgehead atoms. The second kappa shape index (κ2) is 4.89. The summed E-state index contributed by atoms with van der Waals surface area (Å²) in [5.74, 6) is 0. The molecule has 0 atom stereocenters. The van der Waals surface area contributed by atoms with Crippen LogP contribution in [0.2, 0.25) is 0 Å². The van der Waals surface area contributed by atoms with Crippen molar-refractivity contribution in [2.45, 2.75) is 12.8 Å². The second-order valence-corrected chi connectivity index (χ2v) is 3.98. The number of aliphatic hydroxyl groups is 1. The van der Waals surface area contributed by atoms with Gasteiger partial charge in [-0.2, -0.15) is 13.2 Å². The van der Waals surface area contributed by atoms with Gasteiger partial charge in [-0.3, -0.25) is 4.79 Å². The van der Waals surface area contributed by atoms with E-state index in [9.17, 15) is 18.0 Å². The number of halogens is 3. The standard InChI is InChI=1S/C13H10F3NO2/c14-13(15,16)11-3-1-2-8(5-11)9-4-10(7-18)12(19)17-6-9/h1-6,18H,7H2,(H,17,19). The van der Waals surface area contributed by atoms with Crippen LogP contribution in [0.5, 0.6) is 0 Å². The van der Waals surface area contributed by atoms with E-state index in [1.807, 2.05) is 0 Å². The SMILES string of the molecule is O=c1[nH]cc(-c2cccc(C(F)(F)F)c2)cc1CO. The maximum atomic E-state index is 12.6. The van der Waals surface area contributed by atoms with E-state index in [0.717, 1.165) is 12.1 Å². The molecule has 100 valence electrons. The number of pyridine rings is 1. The van der Waals surface area contributed by atoms with Gasteiger partial charge in [-0.1, -0.05) is 12.1 Å². The number of alkyl halides is 3. The number of aromatic amines is 1. The van der Waals surface area contributed by atoms with Crippen LogP contribution in [0.4, 0.5) is 13.2 Å². The fourth-order valence-electron chi connectivity index (χ4n) is 1.69. The zero-order chi connectivity index (χ0) is 14.0. The fraction of sp³-hybridized carbons (Fsp3) is 0.154. The molecule has 6 heteroatoms. The Bertz CT molecular complexity index is 647. The molecule has 1 heterocycles. The van der Waals surface area contributed by atoms with E-state index in [1.54, 1.807) is 0 Å². The van der Waals surface area contributed by atoms with Crippen molar-refractivity contribution in [3.63, 3.8) is 0 Å². The topological polar surface area (TPSA) is 53.1 Å². The highest BCUT2D eigenvalue weighted by molar-refractivity contribution is 5.64. The van der Waals surface area contributed by atoms with E-state index >= 15 is 0 Å². The first-order chi connectivity index (χ1) is 8.91. The first-order valence-electron chi connectivity index (χ1n) is 5.42. The van der Waals surface area contributed by atoms with Crippen LogP contribution < -0.4 is 5.56 Å². The van der Waals surface area contributed by atoms with Gasteiger partial charge in [0.05, 0.1) is 12.2 Å². The zero-order valence-corrected chi connectivity index (χ0v) is 9.66. The number of nitrogens with one attached hydrogen (secondary N) is 1. The van der Waals surface area contributed by atoms with Crippen LogP contribution in [0.15, 0.2) is 41.3 Å². The Labute approximate surface area is 106 Å². The molecule has 0 saturated heterocycles. The number of hydrogen-bond acceptors (Lipinski definition) is 2. The molecule has 0 spiro atoms. The molecule has 0 saturated carbocycles. The number of aliphatic hydroxyl groups excluding tert-OH is 1.